The lowest BCUT2D eigenvalue weighted by atomic mass is 10.1. The Hall–Kier alpha value is -2.55. The van der Waals surface area contributed by atoms with E-state index >= 15 is 0 Å². The van der Waals surface area contributed by atoms with Crippen LogP contribution >= 0.6 is 0 Å². The summed E-state index contributed by atoms with van der Waals surface area (Å²) in [5.74, 6) is 0. The third-order valence-corrected chi connectivity index (χ3v) is 4.08. The molecule has 0 fully saturated rings. The summed E-state index contributed by atoms with van der Waals surface area (Å²) in [5.41, 5.74) is 1.42. The van der Waals surface area contributed by atoms with Crippen molar-refractivity contribution in [3.8, 4) is 0 Å². The number of amides is 2. The Bertz CT molecular complexity index is 785. The molecule has 3 rings (SSSR count). The van der Waals surface area contributed by atoms with E-state index in [1.807, 2.05) is 19.1 Å². The number of urea groups is 1. The van der Waals surface area contributed by atoms with Crippen LogP contribution in [-0.2, 0) is 30.5 Å². The molecular weight excluding hydrogens is 349 g/mol. The maximum absolute atomic E-state index is 13.1. The topological polar surface area (TPSA) is 68.2 Å². The molecule has 0 atom stereocenters. The first kappa shape index (κ1) is 18.2. The number of benzene rings is 1. The second kappa shape index (κ2) is 7.36. The van der Waals surface area contributed by atoms with E-state index in [0.29, 0.717) is 24.4 Å². The van der Waals surface area contributed by atoms with E-state index in [9.17, 15) is 18.0 Å². The Morgan fingerprint density at radius 1 is 1.31 bits per heavy atom. The van der Waals surface area contributed by atoms with Gasteiger partial charge in [-0.05, 0) is 19.1 Å². The van der Waals surface area contributed by atoms with Gasteiger partial charge in [-0.3, -0.25) is 4.68 Å². The molecule has 0 spiro atoms. The standard InChI is InChI=1S/C17H19F3N4O2/c1-11-2-4-12(5-3-11)22-16(25)21-7-8-24-14-6-9-26-10-13(14)15(23-24)17(18,19)20/h2-5H,6-10H2,1H3,(H2,21,22,25). The quantitative estimate of drug-likeness (QED) is 0.871. The van der Waals surface area contributed by atoms with Crippen molar-refractivity contribution in [3.05, 3.63) is 46.8 Å². The molecule has 0 saturated carbocycles. The fraction of sp³-hybridized carbons (Fsp3) is 0.412. The van der Waals surface area contributed by atoms with Gasteiger partial charge in [0.15, 0.2) is 5.69 Å². The van der Waals surface area contributed by atoms with Crippen molar-refractivity contribution in [2.24, 2.45) is 0 Å². The van der Waals surface area contributed by atoms with Crippen LogP contribution in [0.15, 0.2) is 24.3 Å². The molecular formula is C17H19F3N4O2. The summed E-state index contributed by atoms with van der Waals surface area (Å²) < 4.78 is 45.7. The first-order valence-electron chi connectivity index (χ1n) is 8.19. The highest BCUT2D eigenvalue weighted by Gasteiger charge is 2.39. The highest BCUT2D eigenvalue weighted by atomic mass is 19.4. The fourth-order valence-corrected chi connectivity index (χ4v) is 2.81. The number of fused-ring (bicyclic) bond motifs is 1. The zero-order valence-electron chi connectivity index (χ0n) is 14.2. The highest BCUT2D eigenvalue weighted by molar-refractivity contribution is 5.89. The lowest BCUT2D eigenvalue weighted by molar-refractivity contribution is -0.142. The molecule has 0 unspecified atom stereocenters. The molecule has 0 bridgehead atoms. The Labute approximate surface area is 148 Å². The number of rotatable bonds is 4. The summed E-state index contributed by atoms with van der Waals surface area (Å²) >= 11 is 0. The average molecular weight is 368 g/mol. The molecule has 1 aromatic carbocycles. The molecule has 1 aliphatic rings. The molecule has 1 aromatic heterocycles. The summed E-state index contributed by atoms with van der Waals surface area (Å²) in [6, 6.07) is 6.86. The Balaban J connectivity index is 1.60. The lowest BCUT2D eigenvalue weighted by Gasteiger charge is -2.15. The number of aryl methyl sites for hydroxylation is 1. The number of nitrogens with one attached hydrogen (secondary N) is 2. The number of aromatic nitrogens is 2. The summed E-state index contributed by atoms with van der Waals surface area (Å²) in [4.78, 5) is 11.9. The van der Waals surface area contributed by atoms with Crippen LogP contribution in [0.25, 0.3) is 0 Å². The Morgan fingerprint density at radius 2 is 2.04 bits per heavy atom. The van der Waals surface area contributed by atoms with E-state index in [1.54, 1.807) is 12.1 Å². The van der Waals surface area contributed by atoms with Gasteiger partial charge < -0.3 is 15.4 Å². The van der Waals surface area contributed by atoms with Crippen LogP contribution in [0.1, 0.15) is 22.5 Å². The number of hydrogen-bond acceptors (Lipinski definition) is 3. The predicted molar refractivity (Wildman–Crippen MR) is 88.8 cm³/mol. The van der Waals surface area contributed by atoms with E-state index in [0.717, 1.165) is 5.56 Å². The second-order valence-electron chi connectivity index (χ2n) is 6.04. The zero-order chi connectivity index (χ0) is 18.7. The number of hydrogen-bond donors (Lipinski definition) is 2. The van der Waals surface area contributed by atoms with Crippen molar-refractivity contribution >= 4 is 11.7 Å². The number of alkyl halides is 3. The predicted octanol–water partition coefficient (Wildman–Crippen LogP) is 3.10. The summed E-state index contributed by atoms with van der Waals surface area (Å²) in [7, 11) is 0. The average Bonchev–Trinajstić information content (AvgIpc) is 2.96. The fourth-order valence-electron chi connectivity index (χ4n) is 2.81. The summed E-state index contributed by atoms with van der Waals surface area (Å²) in [6.07, 6.45) is -4.15. The number of anilines is 1. The van der Waals surface area contributed by atoms with E-state index < -0.39 is 17.9 Å². The van der Waals surface area contributed by atoms with Crippen molar-refractivity contribution in [3.63, 3.8) is 0 Å². The van der Waals surface area contributed by atoms with Crippen LogP contribution in [0.5, 0.6) is 0 Å². The van der Waals surface area contributed by atoms with Gasteiger partial charge in [0.05, 0.1) is 19.8 Å². The van der Waals surface area contributed by atoms with Crippen LogP contribution in [0.3, 0.4) is 0 Å². The summed E-state index contributed by atoms with van der Waals surface area (Å²) in [6.45, 7) is 2.52. The molecule has 6 nitrogen and oxygen atoms in total. The number of carbonyl (C=O) groups excluding carboxylic acids is 1. The summed E-state index contributed by atoms with van der Waals surface area (Å²) in [5, 5.41) is 8.99. The number of carbonyl (C=O) groups is 1. The molecule has 2 amide bonds. The molecule has 140 valence electrons. The largest absolute Gasteiger partial charge is 0.435 e. The lowest BCUT2D eigenvalue weighted by Crippen LogP contribution is -2.32. The smallest absolute Gasteiger partial charge is 0.376 e. The van der Waals surface area contributed by atoms with Gasteiger partial charge >= 0.3 is 12.2 Å². The van der Waals surface area contributed by atoms with E-state index in [-0.39, 0.29) is 25.3 Å². The third kappa shape index (κ3) is 4.16. The second-order valence-corrected chi connectivity index (χ2v) is 6.04. The van der Waals surface area contributed by atoms with Crippen molar-refractivity contribution in [1.29, 1.82) is 0 Å². The van der Waals surface area contributed by atoms with Crippen molar-refractivity contribution in [1.82, 2.24) is 15.1 Å². The zero-order valence-corrected chi connectivity index (χ0v) is 14.2. The van der Waals surface area contributed by atoms with E-state index in [1.165, 1.54) is 4.68 Å². The van der Waals surface area contributed by atoms with Gasteiger partial charge in [0.1, 0.15) is 0 Å². The molecule has 1 aliphatic heterocycles. The van der Waals surface area contributed by atoms with Gasteiger partial charge in [0.25, 0.3) is 0 Å². The molecule has 2 N–H and O–H groups in total. The molecule has 0 aliphatic carbocycles. The number of nitrogens with zero attached hydrogens (tertiary/aromatic N) is 2. The van der Waals surface area contributed by atoms with Crippen LogP contribution in [0.2, 0.25) is 0 Å². The van der Waals surface area contributed by atoms with Gasteiger partial charge in [-0.15, -0.1) is 0 Å². The Morgan fingerprint density at radius 3 is 2.73 bits per heavy atom. The highest BCUT2D eigenvalue weighted by Crippen LogP contribution is 2.34. The monoisotopic (exact) mass is 368 g/mol. The van der Waals surface area contributed by atoms with E-state index in [2.05, 4.69) is 15.7 Å². The van der Waals surface area contributed by atoms with Gasteiger partial charge in [-0.25, -0.2) is 4.79 Å². The molecule has 9 heteroatoms. The SMILES string of the molecule is Cc1ccc(NC(=O)NCCn2nc(C(F)(F)F)c3c2CCOC3)cc1. The van der Waals surface area contributed by atoms with Crippen LogP contribution in [-0.4, -0.2) is 29.0 Å². The van der Waals surface area contributed by atoms with Crippen LogP contribution in [0.4, 0.5) is 23.7 Å². The number of ether oxygens (including phenoxy) is 1. The molecule has 26 heavy (non-hydrogen) atoms. The van der Waals surface area contributed by atoms with Crippen LogP contribution < -0.4 is 10.6 Å². The van der Waals surface area contributed by atoms with Crippen molar-refractivity contribution in [2.75, 3.05) is 18.5 Å². The molecule has 0 saturated heterocycles. The number of halogens is 3. The molecule has 2 heterocycles. The van der Waals surface area contributed by atoms with Gasteiger partial charge in [-0.1, -0.05) is 17.7 Å². The van der Waals surface area contributed by atoms with Crippen LogP contribution in [0, 0.1) is 6.92 Å². The first-order valence-corrected chi connectivity index (χ1v) is 8.19. The normalized spacial score (nSPS) is 14.0. The third-order valence-electron chi connectivity index (χ3n) is 4.08. The maximum Gasteiger partial charge on any atom is 0.435 e. The molecule has 0 radical (unpaired) electrons. The minimum atomic E-state index is -4.52. The molecule has 2 aromatic rings. The van der Waals surface area contributed by atoms with Crippen molar-refractivity contribution in [2.45, 2.75) is 32.7 Å². The Kier molecular flexibility index (Phi) is 5.17. The van der Waals surface area contributed by atoms with Crippen molar-refractivity contribution < 1.29 is 22.7 Å². The van der Waals surface area contributed by atoms with Gasteiger partial charge in [0, 0.05) is 29.9 Å². The first-order chi connectivity index (χ1) is 12.3. The van der Waals surface area contributed by atoms with E-state index in [4.69, 9.17) is 4.74 Å². The minimum absolute atomic E-state index is 0.0906. The van der Waals surface area contributed by atoms with Gasteiger partial charge in [0.2, 0.25) is 0 Å². The maximum atomic E-state index is 13.1. The van der Waals surface area contributed by atoms with Gasteiger partial charge in [-0.2, -0.15) is 18.3 Å². The minimum Gasteiger partial charge on any atom is -0.376 e.